The number of anilines is 1. The third-order valence-electron chi connectivity index (χ3n) is 6.06. The van der Waals surface area contributed by atoms with Crippen molar-refractivity contribution >= 4 is 61.3 Å². The lowest BCUT2D eigenvalue weighted by Crippen LogP contribution is -2.58. The third-order valence-corrected chi connectivity index (χ3v) is 9.27. The Hall–Kier alpha value is -2.56. The summed E-state index contributed by atoms with van der Waals surface area (Å²) in [5, 5.41) is 14.0. The number of carboxylic acids is 1. The van der Waals surface area contributed by atoms with Gasteiger partial charge in [-0.1, -0.05) is 13.3 Å². The van der Waals surface area contributed by atoms with Crippen molar-refractivity contribution < 1.29 is 27.5 Å². The molecule has 1 atom stereocenters. The van der Waals surface area contributed by atoms with Gasteiger partial charge in [0.25, 0.3) is 0 Å². The number of nitrogens with one attached hydrogen (secondary N) is 1. The summed E-state index contributed by atoms with van der Waals surface area (Å²) in [5.41, 5.74) is 1.64. The van der Waals surface area contributed by atoms with Gasteiger partial charge in [0.15, 0.2) is 0 Å². The summed E-state index contributed by atoms with van der Waals surface area (Å²) in [4.78, 5) is 24.1. The van der Waals surface area contributed by atoms with Crippen LogP contribution in [0.1, 0.15) is 40.0 Å². The second-order valence-electron chi connectivity index (χ2n) is 8.93. The summed E-state index contributed by atoms with van der Waals surface area (Å²) in [6.45, 7) is 5.65. The fraction of sp³-hybridized carbons (Fsp3) is 0.417. The smallest absolute Gasteiger partial charge is 0.323 e. The number of amides is 1. The maximum Gasteiger partial charge on any atom is 0.323 e. The number of nitrogens with zero attached hydrogens (tertiary/aromatic N) is 1. The molecule has 1 fully saturated rings. The lowest BCUT2D eigenvalue weighted by molar-refractivity contribution is -0.142. The van der Waals surface area contributed by atoms with E-state index >= 15 is 0 Å². The Morgan fingerprint density at radius 1 is 1.18 bits per heavy atom. The molecule has 182 valence electrons. The van der Waals surface area contributed by atoms with Gasteiger partial charge in [-0.3, -0.25) is 9.59 Å². The molecule has 4 rings (SSSR count). The van der Waals surface area contributed by atoms with E-state index in [2.05, 4.69) is 5.32 Å². The summed E-state index contributed by atoms with van der Waals surface area (Å²) < 4.78 is 33.3. The fourth-order valence-corrected chi connectivity index (χ4v) is 7.45. The van der Waals surface area contributed by atoms with Crippen molar-refractivity contribution in [1.82, 2.24) is 4.31 Å². The van der Waals surface area contributed by atoms with Gasteiger partial charge in [0, 0.05) is 46.0 Å². The highest BCUT2D eigenvalue weighted by Crippen LogP contribution is 2.39. The number of unbranched alkanes of at least 4 members (excludes halogenated alkanes) is 1. The van der Waals surface area contributed by atoms with Crippen molar-refractivity contribution in [1.29, 1.82) is 0 Å². The predicted octanol–water partition coefficient (Wildman–Crippen LogP) is 4.68. The maximum atomic E-state index is 13.5. The predicted molar refractivity (Wildman–Crippen MR) is 134 cm³/mol. The highest BCUT2D eigenvalue weighted by atomic mass is 32.2. The number of hydrogen-bond donors (Lipinski definition) is 2. The maximum absolute atomic E-state index is 13.5. The van der Waals surface area contributed by atoms with E-state index in [4.69, 9.17) is 4.42 Å². The standard InChI is InChI=1S/C24H28N2O6S2/c1-4-5-6-21(27)25-15-7-9-17-18-14-16(8-10-19(18)32-20(17)13-15)34(30,31)26-11-12-33-24(2,3)22(26)23(28)29/h7-10,13-14,22H,4-6,11-12H2,1-3H3,(H,25,27)(H,28,29). The zero-order valence-corrected chi connectivity index (χ0v) is 21.0. The van der Waals surface area contributed by atoms with Gasteiger partial charge in [0.05, 0.1) is 4.90 Å². The van der Waals surface area contributed by atoms with Gasteiger partial charge in [-0.2, -0.15) is 16.1 Å². The molecule has 0 bridgehead atoms. The molecule has 1 amide bonds. The van der Waals surface area contributed by atoms with Crippen molar-refractivity contribution in [2.75, 3.05) is 17.6 Å². The molecule has 0 aliphatic carbocycles. The summed E-state index contributed by atoms with van der Waals surface area (Å²) in [5.74, 6) is -0.718. The van der Waals surface area contributed by atoms with Gasteiger partial charge in [-0.05, 0) is 50.6 Å². The first-order valence-corrected chi connectivity index (χ1v) is 13.6. The highest BCUT2D eigenvalue weighted by molar-refractivity contribution is 8.00. The number of aliphatic carboxylic acids is 1. The third kappa shape index (κ3) is 4.54. The van der Waals surface area contributed by atoms with Gasteiger partial charge < -0.3 is 14.8 Å². The highest BCUT2D eigenvalue weighted by Gasteiger charge is 2.48. The van der Waals surface area contributed by atoms with Crippen LogP contribution in [-0.2, 0) is 19.6 Å². The van der Waals surface area contributed by atoms with E-state index in [1.807, 2.05) is 6.92 Å². The number of carbonyl (C=O) groups is 2. The molecule has 0 spiro atoms. The molecule has 1 aromatic heterocycles. The minimum Gasteiger partial charge on any atom is -0.480 e. The minimum atomic E-state index is -4.06. The van der Waals surface area contributed by atoms with Crippen LogP contribution in [0.25, 0.3) is 21.9 Å². The van der Waals surface area contributed by atoms with Gasteiger partial charge in [-0.25, -0.2) is 8.42 Å². The van der Waals surface area contributed by atoms with E-state index in [0.717, 1.165) is 17.1 Å². The molecule has 8 nitrogen and oxygen atoms in total. The van der Waals surface area contributed by atoms with Crippen LogP contribution in [0, 0.1) is 0 Å². The van der Waals surface area contributed by atoms with Crippen LogP contribution in [0.2, 0.25) is 0 Å². The normalized spacial score (nSPS) is 18.9. The molecule has 2 aromatic carbocycles. The van der Waals surface area contributed by atoms with Crippen molar-refractivity contribution in [2.45, 2.75) is 55.7 Å². The van der Waals surface area contributed by atoms with Crippen molar-refractivity contribution in [3.63, 3.8) is 0 Å². The number of carbonyl (C=O) groups excluding carboxylic acids is 1. The Kier molecular flexibility index (Phi) is 6.67. The molecule has 2 heterocycles. The number of fused-ring (bicyclic) bond motifs is 3. The monoisotopic (exact) mass is 504 g/mol. The van der Waals surface area contributed by atoms with Crippen LogP contribution in [0.4, 0.5) is 5.69 Å². The van der Waals surface area contributed by atoms with E-state index < -0.39 is 26.8 Å². The Balaban J connectivity index is 1.70. The average Bonchev–Trinajstić information content (AvgIpc) is 3.13. The largest absolute Gasteiger partial charge is 0.480 e. The van der Waals surface area contributed by atoms with E-state index in [-0.39, 0.29) is 17.3 Å². The second kappa shape index (κ2) is 9.24. The number of rotatable bonds is 7. The van der Waals surface area contributed by atoms with Crippen molar-refractivity contribution in [3.8, 4) is 0 Å². The van der Waals surface area contributed by atoms with E-state index in [9.17, 15) is 23.1 Å². The molecule has 2 N–H and O–H groups in total. The Morgan fingerprint density at radius 3 is 2.65 bits per heavy atom. The van der Waals surface area contributed by atoms with E-state index in [1.165, 1.54) is 23.9 Å². The van der Waals surface area contributed by atoms with E-state index in [0.29, 0.717) is 39.8 Å². The molecule has 3 aromatic rings. The molecule has 10 heteroatoms. The van der Waals surface area contributed by atoms with Crippen LogP contribution < -0.4 is 5.32 Å². The first kappa shape index (κ1) is 24.6. The molecule has 1 aliphatic heterocycles. The van der Waals surface area contributed by atoms with Gasteiger partial charge in [-0.15, -0.1) is 0 Å². The van der Waals surface area contributed by atoms with Crippen molar-refractivity contribution in [2.24, 2.45) is 0 Å². The molecule has 1 saturated heterocycles. The molecule has 34 heavy (non-hydrogen) atoms. The first-order valence-electron chi connectivity index (χ1n) is 11.2. The molecule has 0 saturated carbocycles. The lowest BCUT2D eigenvalue weighted by Gasteiger charge is -2.42. The van der Waals surface area contributed by atoms with E-state index in [1.54, 1.807) is 38.1 Å². The van der Waals surface area contributed by atoms with Crippen LogP contribution >= 0.6 is 11.8 Å². The summed E-state index contributed by atoms with van der Waals surface area (Å²) in [7, 11) is -4.06. The Morgan fingerprint density at radius 2 is 1.94 bits per heavy atom. The number of benzene rings is 2. The van der Waals surface area contributed by atoms with Gasteiger partial charge in [0.2, 0.25) is 15.9 Å². The number of furan rings is 1. The van der Waals surface area contributed by atoms with Crippen LogP contribution in [0.15, 0.2) is 45.7 Å². The fourth-order valence-electron chi connectivity index (χ4n) is 4.32. The topological polar surface area (TPSA) is 117 Å². The molecular formula is C24H28N2O6S2. The summed E-state index contributed by atoms with van der Waals surface area (Å²) >= 11 is 1.46. The SMILES string of the molecule is CCCCC(=O)Nc1ccc2c(c1)oc1ccc(S(=O)(=O)N3CCSC(C)(C)C3C(=O)O)cc12. The van der Waals surface area contributed by atoms with Crippen molar-refractivity contribution in [3.05, 3.63) is 36.4 Å². The van der Waals surface area contributed by atoms with Gasteiger partial charge >= 0.3 is 5.97 Å². The quantitative estimate of drug-likeness (QED) is 0.480. The second-order valence-corrected chi connectivity index (χ2v) is 12.6. The van der Waals surface area contributed by atoms with Crippen LogP contribution in [0.5, 0.6) is 0 Å². The number of sulfonamides is 1. The molecule has 1 aliphatic rings. The van der Waals surface area contributed by atoms with Crippen LogP contribution in [-0.4, -0.2) is 52.8 Å². The van der Waals surface area contributed by atoms with Crippen LogP contribution in [0.3, 0.4) is 0 Å². The Labute approximate surface area is 202 Å². The zero-order chi connectivity index (χ0) is 24.7. The zero-order valence-electron chi connectivity index (χ0n) is 19.3. The summed E-state index contributed by atoms with van der Waals surface area (Å²) in [6, 6.07) is 8.65. The first-order chi connectivity index (χ1) is 16.0. The summed E-state index contributed by atoms with van der Waals surface area (Å²) in [6.07, 6.45) is 2.19. The number of carboxylic acid groups (broad SMARTS) is 1. The molecular weight excluding hydrogens is 476 g/mol. The molecule has 1 unspecified atom stereocenters. The van der Waals surface area contributed by atoms with Gasteiger partial charge in [0.1, 0.15) is 17.2 Å². The Bertz CT molecular complexity index is 1360. The lowest BCUT2D eigenvalue weighted by atomic mass is 10.0. The molecule has 0 radical (unpaired) electrons. The average molecular weight is 505 g/mol. The number of hydrogen-bond acceptors (Lipinski definition) is 6. The minimum absolute atomic E-state index is 0.0218. The number of thioether (sulfide) groups is 1.